The molecule has 1 amide bonds. The molecule has 0 radical (unpaired) electrons. The van der Waals surface area contributed by atoms with E-state index in [9.17, 15) is 4.79 Å². The highest BCUT2D eigenvalue weighted by Crippen LogP contribution is 2.31. The normalized spacial score (nSPS) is 15.2. The summed E-state index contributed by atoms with van der Waals surface area (Å²) in [6.45, 7) is 6.84. The zero-order chi connectivity index (χ0) is 22.0. The summed E-state index contributed by atoms with van der Waals surface area (Å²) in [4.78, 5) is 29.3. The van der Waals surface area contributed by atoms with E-state index in [1.165, 1.54) is 0 Å². The number of nitrogens with zero attached hydrogens (tertiary/aromatic N) is 4. The molecule has 1 fully saturated rings. The highest BCUT2D eigenvalue weighted by molar-refractivity contribution is 7.18. The average molecular weight is 437 g/mol. The maximum atomic E-state index is 12.4. The third-order valence-electron chi connectivity index (χ3n) is 5.37. The average Bonchev–Trinajstić information content (AvgIpc) is 3.21. The highest BCUT2D eigenvalue weighted by Gasteiger charge is 2.32. The van der Waals surface area contributed by atoms with E-state index in [4.69, 9.17) is 10.7 Å². The number of hydrogen-bond donors (Lipinski definition) is 2. The predicted molar refractivity (Wildman–Crippen MR) is 124 cm³/mol. The smallest absolute Gasteiger partial charge is 0.242 e. The molecule has 7 nitrogen and oxygen atoms in total. The minimum atomic E-state index is -0.837. The fourth-order valence-electron chi connectivity index (χ4n) is 3.76. The summed E-state index contributed by atoms with van der Waals surface area (Å²) in [7, 11) is 0. The number of hydrogen-bond acceptors (Lipinski definition) is 7. The minimum Gasteiger partial charge on any atom is -0.341 e. The van der Waals surface area contributed by atoms with Crippen LogP contribution in [-0.2, 0) is 4.79 Å². The Kier molecular flexibility index (Phi) is 6.02. The minimum absolute atomic E-state index is 0.00328. The van der Waals surface area contributed by atoms with Crippen LogP contribution in [0.4, 0.5) is 10.9 Å². The molecule has 1 saturated heterocycles. The van der Waals surface area contributed by atoms with E-state index in [1.54, 1.807) is 25.2 Å². The third-order valence-corrected chi connectivity index (χ3v) is 6.33. The van der Waals surface area contributed by atoms with Crippen LogP contribution >= 0.6 is 11.3 Å². The van der Waals surface area contributed by atoms with Crippen molar-refractivity contribution in [2.75, 3.05) is 18.4 Å². The molecule has 3 heterocycles. The van der Waals surface area contributed by atoms with Gasteiger partial charge in [0.1, 0.15) is 11.6 Å². The number of carbonyl (C=O) groups excluding carboxylic acids is 1. The van der Waals surface area contributed by atoms with Crippen LogP contribution in [0.2, 0.25) is 0 Å². The summed E-state index contributed by atoms with van der Waals surface area (Å²) in [6, 6.07) is 12.1. The lowest BCUT2D eigenvalue weighted by Gasteiger charge is -2.35. The molecule has 0 spiro atoms. The number of likely N-dealkylation sites (tertiary alicyclic amines) is 1. The Morgan fingerprint density at radius 3 is 2.58 bits per heavy atom. The summed E-state index contributed by atoms with van der Waals surface area (Å²) in [5.41, 5.74) is 7.20. The van der Waals surface area contributed by atoms with Crippen LogP contribution in [0.25, 0.3) is 10.4 Å². The number of carbonyl (C=O) groups is 1. The molecule has 1 aliphatic rings. The maximum Gasteiger partial charge on any atom is 0.242 e. The molecule has 1 aliphatic heterocycles. The molecule has 8 heteroatoms. The van der Waals surface area contributed by atoms with Crippen LogP contribution in [0.5, 0.6) is 0 Å². The van der Waals surface area contributed by atoms with Crippen LogP contribution in [0, 0.1) is 6.92 Å². The topological polar surface area (TPSA) is 97.0 Å². The van der Waals surface area contributed by atoms with Crippen molar-refractivity contribution in [3.8, 4) is 10.4 Å². The first-order valence-corrected chi connectivity index (χ1v) is 11.3. The van der Waals surface area contributed by atoms with Gasteiger partial charge in [0.05, 0.1) is 10.4 Å². The van der Waals surface area contributed by atoms with Crippen LogP contribution in [-0.4, -0.2) is 44.4 Å². The Balaban J connectivity index is 1.45. The van der Waals surface area contributed by atoms with Gasteiger partial charge in [0.25, 0.3) is 0 Å². The van der Waals surface area contributed by atoms with Gasteiger partial charge >= 0.3 is 0 Å². The van der Waals surface area contributed by atoms with Crippen LogP contribution in [0.3, 0.4) is 0 Å². The van der Waals surface area contributed by atoms with Crippen molar-refractivity contribution in [1.82, 2.24) is 19.9 Å². The molecule has 3 N–H and O–H groups in total. The van der Waals surface area contributed by atoms with E-state index in [2.05, 4.69) is 27.4 Å². The number of nitrogens with one attached hydrogen (secondary N) is 1. The van der Waals surface area contributed by atoms with Gasteiger partial charge in [-0.2, -0.15) is 0 Å². The van der Waals surface area contributed by atoms with Crippen molar-refractivity contribution in [2.45, 2.75) is 45.1 Å². The molecular weight excluding hydrogens is 408 g/mol. The molecule has 2 aromatic heterocycles. The van der Waals surface area contributed by atoms with E-state index in [1.807, 2.05) is 42.3 Å². The van der Waals surface area contributed by atoms with E-state index in [-0.39, 0.29) is 11.8 Å². The molecule has 3 aromatic rings. The highest BCUT2D eigenvalue weighted by atomic mass is 32.1. The number of thiazole rings is 1. The second-order valence-electron chi connectivity index (χ2n) is 8.56. The third kappa shape index (κ3) is 5.08. The summed E-state index contributed by atoms with van der Waals surface area (Å²) < 4.78 is 0. The molecule has 0 saturated carbocycles. The molecule has 0 aliphatic carbocycles. The Morgan fingerprint density at radius 2 is 1.90 bits per heavy atom. The zero-order valence-corrected chi connectivity index (χ0v) is 18.9. The first-order valence-electron chi connectivity index (χ1n) is 10.5. The Bertz CT molecular complexity index is 1050. The lowest BCUT2D eigenvalue weighted by atomic mass is 9.94. The van der Waals surface area contributed by atoms with Gasteiger partial charge < -0.3 is 16.0 Å². The molecule has 4 rings (SSSR count). The van der Waals surface area contributed by atoms with Gasteiger partial charge in [-0.3, -0.25) is 4.79 Å². The van der Waals surface area contributed by atoms with E-state index < -0.39 is 5.54 Å². The SMILES string of the molecule is Cc1cc(Nc2ncc(-c3ccccc3)s2)nc(C2CCN(C(=O)C(C)(C)N)CC2)n1. The molecule has 31 heavy (non-hydrogen) atoms. The summed E-state index contributed by atoms with van der Waals surface area (Å²) in [5.74, 6) is 1.79. The van der Waals surface area contributed by atoms with Gasteiger partial charge in [0.2, 0.25) is 5.91 Å². The Hall–Kier alpha value is -2.84. The van der Waals surface area contributed by atoms with Gasteiger partial charge in [0, 0.05) is 37.0 Å². The molecule has 1 aromatic carbocycles. The number of aromatic nitrogens is 3. The first-order chi connectivity index (χ1) is 14.8. The molecule has 0 bridgehead atoms. The lowest BCUT2D eigenvalue weighted by molar-refractivity contribution is -0.136. The van der Waals surface area contributed by atoms with E-state index >= 15 is 0 Å². The van der Waals surface area contributed by atoms with Gasteiger partial charge in [0.15, 0.2) is 5.13 Å². The van der Waals surface area contributed by atoms with Crippen LogP contribution in [0.15, 0.2) is 42.6 Å². The van der Waals surface area contributed by atoms with Crippen molar-refractivity contribution in [3.63, 3.8) is 0 Å². The number of nitrogens with two attached hydrogens (primary N) is 1. The summed E-state index contributed by atoms with van der Waals surface area (Å²) in [5, 5.41) is 4.14. The molecule has 162 valence electrons. The van der Waals surface area contributed by atoms with E-state index in [0.717, 1.165) is 45.7 Å². The Morgan fingerprint density at radius 1 is 1.19 bits per heavy atom. The molecule has 0 atom stereocenters. The van der Waals surface area contributed by atoms with Crippen molar-refractivity contribution in [3.05, 3.63) is 54.1 Å². The van der Waals surface area contributed by atoms with Crippen molar-refractivity contribution >= 4 is 28.2 Å². The standard InChI is InChI=1S/C23H28N6OS/c1-15-13-19(28-22-25-14-18(31-22)16-7-5-4-6-8-16)27-20(26-15)17-9-11-29(12-10-17)21(30)23(2,3)24/h4-8,13-14,17H,9-12,24H2,1-3H3,(H,25,26,27,28). The van der Waals surface area contributed by atoms with Crippen molar-refractivity contribution in [1.29, 1.82) is 0 Å². The predicted octanol–water partition coefficient (Wildman–Crippen LogP) is 4.10. The number of amides is 1. The number of anilines is 2. The molecular formula is C23H28N6OS. The summed E-state index contributed by atoms with van der Waals surface area (Å²) in [6.07, 6.45) is 3.54. The quantitative estimate of drug-likeness (QED) is 0.625. The fraction of sp³-hybridized carbons (Fsp3) is 0.391. The number of benzene rings is 1. The largest absolute Gasteiger partial charge is 0.341 e. The second-order valence-corrected chi connectivity index (χ2v) is 9.59. The lowest BCUT2D eigenvalue weighted by Crippen LogP contribution is -2.53. The summed E-state index contributed by atoms with van der Waals surface area (Å²) >= 11 is 1.60. The number of rotatable bonds is 5. The fourth-order valence-corrected chi connectivity index (χ4v) is 4.59. The Labute approximate surface area is 186 Å². The first kappa shape index (κ1) is 21.4. The van der Waals surface area contributed by atoms with Gasteiger partial charge in [-0.25, -0.2) is 15.0 Å². The van der Waals surface area contributed by atoms with Crippen LogP contribution in [0.1, 0.15) is 44.1 Å². The van der Waals surface area contributed by atoms with Crippen molar-refractivity contribution in [2.24, 2.45) is 5.73 Å². The zero-order valence-electron chi connectivity index (χ0n) is 18.1. The second kappa shape index (κ2) is 8.72. The van der Waals surface area contributed by atoms with Gasteiger partial charge in [-0.15, -0.1) is 0 Å². The number of piperidine rings is 1. The number of aryl methyl sites for hydroxylation is 1. The van der Waals surface area contributed by atoms with Gasteiger partial charge in [-0.1, -0.05) is 41.7 Å². The van der Waals surface area contributed by atoms with Gasteiger partial charge in [-0.05, 0) is 39.2 Å². The van der Waals surface area contributed by atoms with Crippen LogP contribution < -0.4 is 11.1 Å². The molecule has 0 unspecified atom stereocenters. The van der Waals surface area contributed by atoms with E-state index in [0.29, 0.717) is 13.1 Å². The van der Waals surface area contributed by atoms with Crippen molar-refractivity contribution < 1.29 is 4.79 Å². The maximum absolute atomic E-state index is 12.4. The monoisotopic (exact) mass is 436 g/mol.